The maximum Gasteiger partial charge on any atom is 0.192 e. The summed E-state index contributed by atoms with van der Waals surface area (Å²) in [6.45, 7) is 2.43. The lowest BCUT2D eigenvalue weighted by molar-refractivity contribution is 0.405. The molecule has 1 aromatic heterocycles. The smallest absolute Gasteiger partial charge is 0.192 e. The Balaban J connectivity index is 1.69. The lowest BCUT2D eigenvalue weighted by atomic mass is 9.96. The van der Waals surface area contributed by atoms with Crippen LogP contribution in [0.25, 0.3) is 0 Å². The maximum absolute atomic E-state index is 9.35. The van der Waals surface area contributed by atoms with Gasteiger partial charge < -0.3 is 15.2 Å². The first-order chi connectivity index (χ1) is 12.2. The van der Waals surface area contributed by atoms with Gasteiger partial charge in [-0.1, -0.05) is 19.3 Å². The Morgan fingerprint density at radius 3 is 2.64 bits per heavy atom. The minimum atomic E-state index is 0.0791. The summed E-state index contributed by atoms with van der Waals surface area (Å²) in [5.74, 6) is 2.64. The van der Waals surface area contributed by atoms with Crippen molar-refractivity contribution in [2.45, 2.75) is 76.9 Å². The van der Waals surface area contributed by atoms with E-state index in [1.165, 1.54) is 32.1 Å². The molecule has 2 aliphatic rings. The van der Waals surface area contributed by atoms with Crippen molar-refractivity contribution in [3.05, 3.63) is 11.6 Å². The van der Waals surface area contributed by atoms with E-state index in [0.29, 0.717) is 12.6 Å². The van der Waals surface area contributed by atoms with E-state index in [0.717, 1.165) is 36.9 Å². The molecule has 2 fully saturated rings. The zero-order valence-electron chi connectivity index (χ0n) is 15.3. The second kappa shape index (κ2) is 8.32. The number of nitrogens with zero attached hydrogens (tertiary/aromatic N) is 5. The van der Waals surface area contributed by atoms with Gasteiger partial charge in [-0.15, -0.1) is 10.2 Å². The highest BCUT2D eigenvalue weighted by molar-refractivity contribution is 5.80. The maximum atomic E-state index is 9.35. The third kappa shape index (κ3) is 4.50. The highest BCUT2D eigenvalue weighted by Gasteiger charge is 2.28. The molecule has 1 aromatic rings. The van der Waals surface area contributed by atoms with Crippen molar-refractivity contribution in [1.29, 1.82) is 5.26 Å². The lowest BCUT2D eigenvalue weighted by Crippen LogP contribution is -2.49. The molecule has 2 unspecified atom stereocenters. The summed E-state index contributed by atoms with van der Waals surface area (Å²) in [5.41, 5.74) is 0. The van der Waals surface area contributed by atoms with Gasteiger partial charge in [0, 0.05) is 19.1 Å². The molecule has 1 heterocycles. The minimum Gasteiger partial charge on any atom is -0.354 e. The van der Waals surface area contributed by atoms with Crippen LogP contribution >= 0.6 is 0 Å². The van der Waals surface area contributed by atoms with Crippen LogP contribution in [-0.4, -0.2) is 32.8 Å². The number of nitrogens with one attached hydrogen (secondary N) is 2. The molecule has 25 heavy (non-hydrogen) atoms. The van der Waals surface area contributed by atoms with Gasteiger partial charge in [-0.2, -0.15) is 5.26 Å². The van der Waals surface area contributed by atoms with Gasteiger partial charge >= 0.3 is 0 Å². The Kier molecular flexibility index (Phi) is 5.90. The normalized spacial score (nSPS) is 24.9. The molecule has 136 valence electrons. The molecule has 3 rings (SSSR count). The zero-order chi connectivity index (χ0) is 17.6. The molecular weight excluding hydrogens is 314 g/mol. The van der Waals surface area contributed by atoms with Crippen LogP contribution in [0.5, 0.6) is 0 Å². The molecule has 0 amide bonds. The third-order valence-electron chi connectivity index (χ3n) is 5.51. The molecule has 0 bridgehead atoms. The third-order valence-corrected chi connectivity index (χ3v) is 5.51. The molecular formula is C18H29N7. The van der Waals surface area contributed by atoms with E-state index in [1.54, 1.807) is 0 Å². The Morgan fingerprint density at radius 1 is 1.16 bits per heavy atom. The van der Waals surface area contributed by atoms with Crippen molar-refractivity contribution in [2.24, 2.45) is 18.0 Å². The molecule has 7 nitrogen and oxygen atoms in total. The zero-order valence-corrected chi connectivity index (χ0v) is 15.3. The quantitative estimate of drug-likeness (QED) is 0.646. The topological polar surface area (TPSA) is 90.9 Å². The molecule has 2 N–H and O–H groups in total. The van der Waals surface area contributed by atoms with Crippen LogP contribution in [0.4, 0.5) is 0 Å². The summed E-state index contributed by atoms with van der Waals surface area (Å²) in [6, 6.07) is 3.11. The van der Waals surface area contributed by atoms with E-state index < -0.39 is 0 Å². The highest BCUT2D eigenvalue weighted by Crippen LogP contribution is 2.25. The van der Waals surface area contributed by atoms with Gasteiger partial charge in [0.05, 0.1) is 12.0 Å². The van der Waals surface area contributed by atoms with Crippen LogP contribution < -0.4 is 10.6 Å². The fourth-order valence-electron chi connectivity index (χ4n) is 3.77. The van der Waals surface area contributed by atoms with Gasteiger partial charge in [0.2, 0.25) is 0 Å². The van der Waals surface area contributed by atoms with Crippen LogP contribution in [0.15, 0.2) is 4.99 Å². The van der Waals surface area contributed by atoms with Crippen molar-refractivity contribution in [3.63, 3.8) is 0 Å². The summed E-state index contributed by atoms with van der Waals surface area (Å²) in [6.07, 6.45) is 9.38. The van der Waals surface area contributed by atoms with E-state index >= 15 is 0 Å². The Labute approximate surface area is 149 Å². The number of hydrogen-bond donors (Lipinski definition) is 2. The number of rotatable bonds is 4. The lowest BCUT2D eigenvalue weighted by Gasteiger charge is -2.27. The van der Waals surface area contributed by atoms with Crippen LogP contribution in [0.1, 0.15) is 63.0 Å². The molecule has 0 radical (unpaired) electrons. The second-order valence-electron chi connectivity index (χ2n) is 7.28. The number of aliphatic imine (C=N–C) groups is 1. The van der Waals surface area contributed by atoms with Crippen LogP contribution in [0.2, 0.25) is 0 Å². The van der Waals surface area contributed by atoms with E-state index in [1.807, 2.05) is 18.5 Å². The van der Waals surface area contributed by atoms with Crippen molar-refractivity contribution in [1.82, 2.24) is 25.4 Å². The van der Waals surface area contributed by atoms with E-state index in [4.69, 9.17) is 4.99 Å². The summed E-state index contributed by atoms with van der Waals surface area (Å²) < 4.78 is 1.97. The van der Waals surface area contributed by atoms with Crippen molar-refractivity contribution in [2.75, 3.05) is 0 Å². The molecule has 0 aromatic carbocycles. The van der Waals surface area contributed by atoms with Crippen LogP contribution in [-0.2, 0) is 13.6 Å². The molecule has 0 saturated heterocycles. The Bertz CT molecular complexity index is 636. The largest absolute Gasteiger partial charge is 0.354 e. The molecule has 2 aliphatic carbocycles. The molecule has 0 spiro atoms. The van der Waals surface area contributed by atoms with Gasteiger partial charge in [0.15, 0.2) is 11.8 Å². The van der Waals surface area contributed by atoms with Gasteiger partial charge in [-0.25, -0.2) is 4.99 Å². The van der Waals surface area contributed by atoms with Crippen LogP contribution in [0, 0.1) is 24.2 Å². The Hall–Kier alpha value is -2.10. The fourth-order valence-corrected chi connectivity index (χ4v) is 3.77. The van der Waals surface area contributed by atoms with E-state index in [2.05, 4.69) is 26.9 Å². The van der Waals surface area contributed by atoms with E-state index in [9.17, 15) is 5.26 Å². The first-order valence-electron chi connectivity index (χ1n) is 9.49. The predicted molar refractivity (Wildman–Crippen MR) is 96.8 cm³/mol. The second-order valence-corrected chi connectivity index (χ2v) is 7.28. The summed E-state index contributed by atoms with van der Waals surface area (Å²) in [7, 11) is 1.96. The van der Waals surface area contributed by atoms with Gasteiger partial charge in [0.25, 0.3) is 0 Å². The van der Waals surface area contributed by atoms with E-state index in [-0.39, 0.29) is 12.0 Å². The number of hydrogen-bond acceptors (Lipinski definition) is 4. The van der Waals surface area contributed by atoms with Crippen LogP contribution in [0.3, 0.4) is 0 Å². The fraction of sp³-hybridized carbons (Fsp3) is 0.778. The number of guanidine groups is 1. The molecule has 2 atom stereocenters. The van der Waals surface area contributed by atoms with Crippen molar-refractivity contribution in [3.8, 4) is 6.07 Å². The average molecular weight is 343 g/mol. The first-order valence-corrected chi connectivity index (χ1v) is 9.49. The monoisotopic (exact) mass is 343 g/mol. The standard InChI is InChI=1S/C18H29N7/c1-13-23-24-17(25(13)2)12-20-18(21-15-8-4-3-5-9-15)22-16-10-6-7-14(16)11-19/h14-16H,3-10,12H2,1-2H3,(H2,20,21,22). The minimum absolute atomic E-state index is 0.0791. The SMILES string of the molecule is Cc1nnc(CN=C(NC2CCCCC2)NC2CCCC2C#N)n1C. The summed E-state index contributed by atoms with van der Waals surface area (Å²) in [4.78, 5) is 4.76. The van der Waals surface area contributed by atoms with Gasteiger partial charge in [0.1, 0.15) is 12.4 Å². The molecule has 0 aliphatic heterocycles. The number of aryl methyl sites for hydroxylation is 1. The number of nitriles is 1. The Morgan fingerprint density at radius 2 is 1.96 bits per heavy atom. The van der Waals surface area contributed by atoms with Crippen molar-refractivity contribution < 1.29 is 0 Å². The molecule has 7 heteroatoms. The first kappa shape index (κ1) is 17.7. The number of aromatic nitrogens is 3. The van der Waals surface area contributed by atoms with Gasteiger partial charge in [-0.05, 0) is 39.0 Å². The summed E-state index contributed by atoms with van der Waals surface area (Å²) in [5, 5.41) is 24.8. The summed E-state index contributed by atoms with van der Waals surface area (Å²) >= 11 is 0. The van der Waals surface area contributed by atoms with Gasteiger partial charge in [-0.3, -0.25) is 0 Å². The molecule has 2 saturated carbocycles. The average Bonchev–Trinajstić information content (AvgIpc) is 3.21. The van der Waals surface area contributed by atoms with Crippen molar-refractivity contribution >= 4 is 5.96 Å². The highest BCUT2D eigenvalue weighted by atomic mass is 15.3. The predicted octanol–water partition coefficient (Wildman–Crippen LogP) is 2.18.